The average Bonchev–Trinajstić information content (AvgIpc) is 2.28. The van der Waals surface area contributed by atoms with Gasteiger partial charge in [-0.05, 0) is 51.5 Å². The van der Waals surface area contributed by atoms with E-state index in [1.54, 1.807) is 12.1 Å². The number of esters is 1. The van der Waals surface area contributed by atoms with Crippen LogP contribution < -0.4 is 5.32 Å². The van der Waals surface area contributed by atoms with E-state index in [0.717, 1.165) is 12.1 Å². The molecule has 0 bridgehead atoms. The fraction of sp³-hybridized carbons (Fsp3) is 0.500. The number of hydrogen-bond donors (Lipinski definition) is 1. The van der Waals surface area contributed by atoms with Crippen LogP contribution in [0.25, 0.3) is 0 Å². The molecule has 1 rings (SSSR count). The lowest BCUT2D eigenvalue weighted by atomic mass is 10.2. The molecule has 1 unspecified atom stereocenters. The van der Waals surface area contributed by atoms with E-state index in [0.29, 0.717) is 11.6 Å². The summed E-state index contributed by atoms with van der Waals surface area (Å²) in [6.07, 6.45) is 0.984. The van der Waals surface area contributed by atoms with Crippen molar-refractivity contribution < 1.29 is 9.53 Å². The largest absolute Gasteiger partial charge is 0.459 e. The van der Waals surface area contributed by atoms with Gasteiger partial charge in [-0.2, -0.15) is 0 Å². The topological polar surface area (TPSA) is 38.3 Å². The normalized spacial score (nSPS) is 12.3. The molecule has 0 aliphatic heterocycles. The first-order chi connectivity index (χ1) is 8.02. The SMILES string of the molecule is CCC(C)Nc1ccc(C(=O)OC(C)C)cc1. The lowest BCUT2D eigenvalue weighted by molar-refractivity contribution is 0.0378. The number of nitrogens with one attached hydrogen (secondary N) is 1. The molecule has 0 saturated carbocycles. The Hall–Kier alpha value is -1.51. The monoisotopic (exact) mass is 235 g/mol. The number of hydrogen-bond acceptors (Lipinski definition) is 3. The number of carbonyl (C=O) groups excluding carboxylic acids is 1. The van der Waals surface area contributed by atoms with Crippen LogP contribution in [0, 0.1) is 0 Å². The van der Waals surface area contributed by atoms with Gasteiger partial charge in [0.1, 0.15) is 0 Å². The Morgan fingerprint density at radius 2 is 1.82 bits per heavy atom. The van der Waals surface area contributed by atoms with E-state index in [1.165, 1.54) is 0 Å². The van der Waals surface area contributed by atoms with Crippen molar-refractivity contribution in [1.82, 2.24) is 0 Å². The first-order valence-electron chi connectivity index (χ1n) is 6.10. The van der Waals surface area contributed by atoms with Crippen molar-refractivity contribution >= 4 is 11.7 Å². The Morgan fingerprint density at radius 3 is 2.29 bits per heavy atom. The van der Waals surface area contributed by atoms with Gasteiger partial charge in [0.2, 0.25) is 0 Å². The van der Waals surface area contributed by atoms with Gasteiger partial charge in [0.25, 0.3) is 0 Å². The summed E-state index contributed by atoms with van der Waals surface area (Å²) >= 11 is 0. The predicted octanol–water partition coefficient (Wildman–Crippen LogP) is 3.46. The highest BCUT2D eigenvalue weighted by atomic mass is 16.5. The van der Waals surface area contributed by atoms with Gasteiger partial charge in [-0.3, -0.25) is 0 Å². The first kappa shape index (κ1) is 13.6. The second kappa shape index (κ2) is 6.28. The average molecular weight is 235 g/mol. The molecule has 0 amide bonds. The lowest BCUT2D eigenvalue weighted by Crippen LogP contribution is -2.14. The summed E-state index contributed by atoms with van der Waals surface area (Å²) in [4.78, 5) is 11.6. The smallest absolute Gasteiger partial charge is 0.338 e. The molecule has 0 heterocycles. The Balaban J connectivity index is 2.64. The number of anilines is 1. The lowest BCUT2D eigenvalue weighted by Gasteiger charge is -2.13. The van der Waals surface area contributed by atoms with Gasteiger partial charge in [0.15, 0.2) is 0 Å². The Morgan fingerprint density at radius 1 is 1.24 bits per heavy atom. The van der Waals surface area contributed by atoms with Gasteiger partial charge in [-0.15, -0.1) is 0 Å². The fourth-order valence-electron chi connectivity index (χ4n) is 1.37. The van der Waals surface area contributed by atoms with E-state index in [1.807, 2.05) is 26.0 Å². The molecule has 1 atom stereocenters. The van der Waals surface area contributed by atoms with E-state index < -0.39 is 0 Å². The molecule has 94 valence electrons. The number of ether oxygens (including phenoxy) is 1. The number of benzene rings is 1. The predicted molar refractivity (Wildman–Crippen MR) is 70.4 cm³/mol. The first-order valence-corrected chi connectivity index (χ1v) is 6.10. The molecule has 0 radical (unpaired) electrons. The molecule has 3 heteroatoms. The zero-order valence-electron chi connectivity index (χ0n) is 11.0. The van der Waals surface area contributed by atoms with Gasteiger partial charge in [-0.1, -0.05) is 6.92 Å². The maximum atomic E-state index is 11.6. The van der Waals surface area contributed by atoms with E-state index in [9.17, 15) is 4.79 Å². The summed E-state index contributed by atoms with van der Waals surface area (Å²) in [6.45, 7) is 7.94. The molecule has 0 aliphatic carbocycles. The van der Waals surface area contributed by atoms with Crippen molar-refractivity contribution in [1.29, 1.82) is 0 Å². The minimum Gasteiger partial charge on any atom is -0.459 e. The third kappa shape index (κ3) is 4.47. The minimum atomic E-state index is -0.268. The summed E-state index contributed by atoms with van der Waals surface area (Å²) in [5.74, 6) is -0.268. The zero-order chi connectivity index (χ0) is 12.8. The summed E-state index contributed by atoms with van der Waals surface area (Å²) in [5, 5.41) is 3.35. The third-order valence-electron chi connectivity index (χ3n) is 2.49. The molecule has 17 heavy (non-hydrogen) atoms. The van der Waals surface area contributed by atoms with Crippen molar-refractivity contribution in [2.24, 2.45) is 0 Å². The maximum absolute atomic E-state index is 11.6. The fourth-order valence-corrected chi connectivity index (χ4v) is 1.37. The summed E-state index contributed by atoms with van der Waals surface area (Å²) in [6, 6.07) is 7.82. The highest BCUT2D eigenvalue weighted by molar-refractivity contribution is 5.89. The highest BCUT2D eigenvalue weighted by Gasteiger charge is 2.08. The third-order valence-corrected chi connectivity index (χ3v) is 2.49. The van der Waals surface area contributed by atoms with Gasteiger partial charge < -0.3 is 10.1 Å². The van der Waals surface area contributed by atoms with Crippen LogP contribution in [0.2, 0.25) is 0 Å². The van der Waals surface area contributed by atoms with Crippen molar-refractivity contribution in [3.05, 3.63) is 29.8 Å². The molecule has 0 spiro atoms. The van der Waals surface area contributed by atoms with E-state index in [4.69, 9.17) is 4.74 Å². The van der Waals surface area contributed by atoms with E-state index in [2.05, 4.69) is 19.2 Å². The molecule has 1 aromatic rings. The van der Waals surface area contributed by atoms with Crippen molar-refractivity contribution in [2.45, 2.75) is 46.3 Å². The van der Waals surface area contributed by atoms with Crippen LogP contribution in [0.1, 0.15) is 44.5 Å². The maximum Gasteiger partial charge on any atom is 0.338 e. The summed E-state index contributed by atoms with van der Waals surface area (Å²) in [7, 11) is 0. The van der Waals surface area contributed by atoms with Crippen LogP contribution in [0.4, 0.5) is 5.69 Å². The van der Waals surface area contributed by atoms with Crippen LogP contribution >= 0.6 is 0 Å². The van der Waals surface area contributed by atoms with Gasteiger partial charge in [0, 0.05) is 11.7 Å². The molecule has 3 nitrogen and oxygen atoms in total. The van der Waals surface area contributed by atoms with Crippen molar-refractivity contribution in [2.75, 3.05) is 5.32 Å². The molecule has 0 fully saturated rings. The standard InChI is InChI=1S/C14H21NO2/c1-5-11(4)15-13-8-6-12(7-9-13)14(16)17-10(2)3/h6-11,15H,5H2,1-4H3. The Bertz CT molecular complexity index is 357. The van der Waals surface area contributed by atoms with Crippen molar-refractivity contribution in [3.63, 3.8) is 0 Å². The van der Waals surface area contributed by atoms with Crippen LogP contribution in [-0.2, 0) is 4.74 Å². The second-order valence-corrected chi connectivity index (χ2v) is 4.49. The van der Waals surface area contributed by atoms with Gasteiger partial charge in [-0.25, -0.2) is 4.79 Å². The zero-order valence-corrected chi connectivity index (χ0v) is 11.0. The summed E-state index contributed by atoms with van der Waals surface area (Å²) < 4.78 is 5.12. The van der Waals surface area contributed by atoms with Crippen LogP contribution in [0.3, 0.4) is 0 Å². The van der Waals surface area contributed by atoms with E-state index in [-0.39, 0.29) is 12.1 Å². The summed E-state index contributed by atoms with van der Waals surface area (Å²) in [5.41, 5.74) is 1.62. The molecular formula is C14H21NO2. The Kier molecular flexibility index (Phi) is 5.01. The van der Waals surface area contributed by atoms with Crippen molar-refractivity contribution in [3.8, 4) is 0 Å². The minimum absolute atomic E-state index is 0.0829. The molecule has 0 saturated heterocycles. The Labute approximate surface area is 103 Å². The molecule has 1 aromatic carbocycles. The molecule has 1 N–H and O–H groups in total. The van der Waals surface area contributed by atoms with Crippen LogP contribution in [0.5, 0.6) is 0 Å². The van der Waals surface area contributed by atoms with Crippen LogP contribution in [0.15, 0.2) is 24.3 Å². The van der Waals surface area contributed by atoms with Crippen LogP contribution in [-0.4, -0.2) is 18.1 Å². The number of rotatable bonds is 5. The van der Waals surface area contributed by atoms with Gasteiger partial charge >= 0.3 is 5.97 Å². The molecule has 0 aliphatic rings. The second-order valence-electron chi connectivity index (χ2n) is 4.49. The molecular weight excluding hydrogens is 214 g/mol. The van der Waals surface area contributed by atoms with Gasteiger partial charge in [0.05, 0.1) is 11.7 Å². The highest BCUT2D eigenvalue weighted by Crippen LogP contribution is 2.13. The van der Waals surface area contributed by atoms with E-state index >= 15 is 0 Å². The molecule has 0 aromatic heterocycles. The number of carbonyl (C=O) groups is 1. The quantitative estimate of drug-likeness (QED) is 0.794.